The van der Waals surface area contributed by atoms with Crippen molar-refractivity contribution >= 4 is 11.0 Å². The highest BCUT2D eigenvalue weighted by Gasteiger charge is 2.39. The second kappa shape index (κ2) is 7.86. The van der Waals surface area contributed by atoms with Crippen LogP contribution < -0.4 is 5.73 Å². The Kier molecular flexibility index (Phi) is 5.29. The van der Waals surface area contributed by atoms with Crippen molar-refractivity contribution in [3.05, 3.63) is 71.8 Å². The van der Waals surface area contributed by atoms with Gasteiger partial charge in [-0.1, -0.05) is 30.4 Å². The standard InChI is InChI=1S/C23H29N5/c1-17(15-24)11-14-28(16-21-26-19-9-3-4-10-20(19)27-21)23(2)12-5-7-18-8-6-13-25-22(18)23/h3-4,6,8-10,13H,1,5,7,11-12,14-16,24H2,2H3,(H,26,27). The first-order valence-corrected chi connectivity index (χ1v) is 10.1. The van der Waals surface area contributed by atoms with Crippen molar-refractivity contribution in [2.75, 3.05) is 13.1 Å². The lowest BCUT2D eigenvalue weighted by atomic mass is 9.79. The summed E-state index contributed by atoms with van der Waals surface area (Å²) in [4.78, 5) is 15.6. The van der Waals surface area contributed by atoms with Crippen molar-refractivity contribution in [2.24, 2.45) is 5.73 Å². The SMILES string of the molecule is C=C(CN)CCN(Cc1nc2ccccc2[nH]1)C1(C)CCCc2cccnc21. The van der Waals surface area contributed by atoms with Gasteiger partial charge in [0.1, 0.15) is 5.82 Å². The molecule has 0 spiro atoms. The number of aryl methyl sites for hydroxylation is 1. The summed E-state index contributed by atoms with van der Waals surface area (Å²) in [6, 6.07) is 12.5. The number of H-pyrrole nitrogens is 1. The molecular formula is C23H29N5. The number of hydrogen-bond donors (Lipinski definition) is 2. The van der Waals surface area contributed by atoms with Crippen molar-refractivity contribution < 1.29 is 0 Å². The predicted octanol–water partition coefficient (Wildman–Crippen LogP) is 3.92. The van der Waals surface area contributed by atoms with Crippen molar-refractivity contribution in [3.63, 3.8) is 0 Å². The third-order valence-corrected chi connectivity index (χ3v) is 6.01. The van der Waals surface area contributed by atoms with Gasteiger partial charge in [-0.05, 0) is 56.4 Å². The number of imidazole rings is 1. The van der Waals surface area contributed by atoms with Gasteiger partial charge < -0.3 is 10.7 Å². The Labute approximate surface area is 166 Å². The van der Waals surface area contributed by atoms with Gasteiger partial charge in [0.15, 0.2) is 0 Å². The molecule has 1 aromatic carbocycles. The fourth-order valence-electron chi connectivity index (χ4n) is 4.33. The van der Waals surface area contributed by atoms with E-state index in [9.17, 15) is 0 Å². The Bertz CT molecular complexity index is 943. The zero-order valence-electron chi connectivity index (χ0n) is 16.6. The fourth-order valence-corrected chi connectivity index (χ4v) is 4.33. The summed E-state index contributed by atoms with van der Waals surface area (Å²) >= 11 is 0. The molecule has 2 aromatic heterocycles. The molecule has 3 N–H and O–H groups in total. The van der Waals surface area contributed by atoms with Crippen LogP contribution in [0.4, 0.5) is 0 Å². The molecule has 1 unspecified atom stereocenters. The smallest absolute Gasteiger partial charge is 0.121 e. The lowest BCUT2D eigenvalue weighted by Gasteiger charge is -2.44. The highest BCUT2D eigenvalue weighted by atomic mass is 15.2. The third-order valence-electron chi connectivity index (χ3n) is 6.01. The van der Waals surface area contributed by atoms with E-state index in [1.807, 2.05) is 24.4 Å². The average molecular weight is 376 g/mol. The van der Waals surface area contributed by atoms with E-state index in [-0.39, 0.29) is 5.54 Å². The molecule has 0 saturated heterocycles. The van der Waals surface area contributed by atoms with E-state index in [0.29, 0.717) is 6.54 Å². The molecule has 0 amide bonds. The number of aromatic amines is 1. The molecule has 4 rings (SSSR count). The first kappa shape index (κ1) is 18.8. The highest BCUT2D eigenvalue weighted by Crippen LogP contribution is 2.39. The summed E-state index contributed by atoms with van der Waals surface area (Å²) < 4.78 is 0. The number of rotatable bonds is 7. The molecule has 5 heteroatoms. The van der Waals surface area contributed by atoms with E-state index in [0.717, 1.165) is 54.8 Å². The van der Waals surface area contributed by atoms with E-state index in [2.05, 4.69) is 41.6 Å². The Morgan fingerprint density at radius 2 is 2.14 bits per heavy atom. The molecule has 0 radical (unpaired) electrons. The molecule has 1 atom stereocenters. The molecule has 0 fully saturated rings. The average Bonchev–Trinajstić information content (AvgIpc) is 3.13. The third kappa shape index (κ3) is 3.60. The van der Waals surface area contributed by atoms with Crippen LogP contribution in [-0.4, -0.2) is 32.9 Å². The molecule has 0 saturated carbocycles. The first-order valence-electron chi connectivity index (χ1n) is 10.1. The van der Waals surface area contributed by atoms with Gasteiger partial charge in [-0.25, -0.2) is 4.98 Å². The van der Waals surface area contributed by atoms with Gasteiger partial charge in [0, 0.05) is 19.3 Å². The molecule has 1 aliphatic rings. The van der Waals surface area contributed by atoms with Gasteiger partial charge >= 0.3 is 0 Å². The Morgan fingerprint density at radius 3 is 2.96 bits per heavy atom. The molecule has 28 heavy (non-hydrogen) atoms. The Hall–Kier alpha value is -2.50. The topological polar surface area (TPSA) is 70.8 Å². The second-order valence-corrected chi connectivity index (χ2v) is 7.96. The number of pyridine rings is 1. The highest BCUT2D eigenvalue weighted by molar-refractivity contribution is 5.74. The Morgan fingerprint density at radius 1 is 1.29 bits per heavy atom. The van der Waals surface area contributed by atoms with Crippen LogP contribution in [0.25, 0.3) is 11.0 Å². The summed E-state index contributed by atoms with van der Waals surface area (Å²) in [5, 5.41) is 0. The predicted molar refractivity (Wildman–Crippen MR) is 114 cm³/mol. The van der Waals surface area contributed by atoms with Crippen LogP contribution in [0, 0.1) is 0 Å². The summed E-state index contributed by atoms with van der Waals surface area (Å²) in [5.74, 6) is 0.990. The van der Waals surface area contributed by atoms with Crippen LogP contribution in [0.5, 0.6) is 0 Å². The van der Waals surface area contributed by atoms with Gasteiger partial charge in [-0.2, -0.15) is 0 Å². The minimum atomic E-state index is -0.122. The first-order chi connectivity index (χ1) is 13.6. The van der Waals surface area contributed by atoms with Crippen molar-refractivity contribution in [1.29, 1.82) is 0 Å². The van der Waals surface area contributed by atoms with Gasteiger partial charge in [0.2, 0.25) is 0 Å². The zero-order valence-corrected chi connectivity index (χ0v) is 16.6. The van der Waals surface area contributed by atoms with Crippen molar-refractivity contribution in [3.8, 4) is 0 Å². The lowest BCUT2D eigenvalue weighted by molar-refractivity contribution is 0.0696. The van der Waals surface area contributed by atoms with E-state index < -0.39 is 0 Å². The molecule has 5 nitrogen and oxygen atoms in total. The maximum absolute atomic E-state index is 5.80. The number of hydrogen-bond acceptors (Lipinski definition) is 4. The van der Waals surface area contributed by atoms with Gasteiger partial charge in [-0.3, -0.25) is 9.88 Å². The molecule has 146 valence electrons. The van der Waals surface area contributed by atoms with Gasteiger partial charge in [0.05, 0.1) is 28.8 Å². The molecule has 2 heterocycles. The molecule has 0 aliphatic heterocycles. The number of aromatic nitrogens is 3. The van der Waals surface area contributed by atoms with Crippen LogP contribution in [0.3, 0.4) is 0 Å². The van der Waals surface area contributed by atoms with Crippen LogP contribution in [0.2, 0.25) is 0 Å². The van der Waals surface area contributed by atoms with Crippen molar-refractivity contribution in [2.45, 2.75) is 44.7 Å². The van der Waals surface area contributed by atoms with Crippen molar-refractivity contribution in [1.82, 2.24) is 19.9 Å². The summed E-state index contributed by atoms with van der Waals surface area (Å²) in [5.41, 5.74) is 11.4. The molecule has 0 bridgehead atoms. The van der Waals surface area contributed by atoms with E-state index in [1.165, 1.54) is 17.7 Å². The van der Waals surface area contributed by atoms with E-state index in [4.69, 9.17) is 15.7 Å². The number of benzene rings is 1. The summed E-state index contributed by atoms with van der Waals surface area (Å²) in [6.45, 7) is 8.60. The largest absolute Gasteiger partial charge is 0.341 e. The van der Waals surface area contributed by atoms with E-state index in [1.54, 1.807) is 0 Å². The summed E-state index contributed by atoms with van der Waals surface area (Å²) in [7, 11) is 0. The number of nitrogens with zero attached hydrogens (tertiary/aromatic N) is 3. The molecular weight excluding hydrogens is 346 g/mol. The number of nitrogens with one attached hydrogen (secondary N) is 1. The van der Waals surface area contributed by atoms with Crippen LogP contribution in [0.1, 0.15) is 43.3 Å². The quantitative estimate of drug-likeness (QED) is 0.614. The number of fused-ring (bicyclic) bond motifs is 2. The Balaban J connectivity index is 1.68. The van der Waals surface area contributed by atoms with Crippen LogP contribution in [-0.2, 0) is 18.5 Å². The van der Waals surface area contributed by atoms with Crippen LogP contribution >= 0.6 is 0 Å². The lowest BCUT2D eigenvalue weighted by Crippen LogP contribution is -2.47. The maximum Gasteiger partial charge on any atom is 0.121 e. The fraction of sp³-hybridized carbons (Fsp3) is 0.391. The van der Waals surface area contributed by atoms with Crippen LogP contribution in [0.15, 0.2) is 54.7 Å². The number of nitrogens with two attached hydrogens (primary N) is 1. The number of para-hydroxylation sites is 2. The zero-order chi connectivity index (χ0) is 19.6. The monoisotopic (exact) mass is 375 g/mol. The normalized spacial score (nSPS) is 19.1. The second-order valence-electron chi connectivity index (χ2n) is 7.96. The molecule has 3 aromatic rings. The summed E-state index contributed by atoms with van der Waals surface area (Å²) in [6.07, 6.45) is 6.16. The molecule has 1 aliphatic carbocycles. The van der Waals surface area contributed by atoms with Gasteiger partial charge in [-0.15, -0.1) is 0 Å². The minimum Gasteiger partial charge on any atom is -0.341 e. The van der Waals surface area contributed by atoms with E-state index >= 15 is 0 Å². The van der Waals surface area contributed by atoms with Gasteiger partial charge in [0.25, 0.3) is 0 Å². The minimum absolute atomic E-state index is 0.122. The maximum atomic E-state index is 5.80.